The second-order valence-corrected chi connectivity index (χ2v) is 4.99. The molecule has 5 heteroatoms. The van der Waals surface area contributed by atoms with Crippen LogP contribution < -0.4 is 11.1 Å². The van der Waals surface area contributed by atoms with E-state index in [0.717, 1.165) is 31.7 Å². The number of nitrogens with zero attached hydrogens (tertiary/aromatic N) is 1. The zero-order valence-electron chi connectivity index (χ0n) is 9.90. The van der Waals surface area contributed by atoms with Crippen molar-refractivity contribution in [2.45, 2.75) is 25.4 Å². The molecule has 17 heavy (non-hydrogen) atoms. The van der Waals surface area contributed by atoms with Gasteiger partial charge in [-0.2, -0.15) is 0 Å². The number of nitrogens with two attached hydrogens (primary N) is 1. The average Bonchev–Trinajstić information content (AvgIpc) is 2.75. The van der Waals surface area contributed by atoms with Gasteiger partial charge in [0.1, 0.15) is 4.99 Å². The van der Waals surface area contributed by atoms with Crippen LogP contribution in [0.25, 0.3) is 0 Å². The monoisotopic (exact) mass is 251 g/mol. The van der Waals surface area contributed by atoms with Crippen LogP contribution >= 0.6 is 12.2 Å². The highest BCUT2D eigenvalue weighted by molar-refractivity contribution is 7.80. The molecule has 2 heterocycles. The van der Waals surface area contributed by atoms with E-state index in [-0.39, 0.29) is 5.60 Å². The number of hydrogen-bond donors (Lipinski definition) is 2. The summed E-state index contributed by atoms with van der Waals surface area (Å²) in [5.41, 5.74) is 7.09. The molecule has 0 amide bonds. The van der Waals surface area contributed by atoms with Crippen LogP contribution in [0.2, 0.25) is 0 Å². The van der Waals surface area contributed by atoms with Gasteiger partial charge < -0.3 is 15.8 Å². The lowest BCUT2D eigenvalue weighted by Gasteiger charge is -2.24. The molecular formula is C12H17N3OS. The first-order valence-electron chi connectivity index (χ1n) is 5.73. The molecule has 0 radical (unpaired) electrons. The first-order chi connectivity index (χ1) is 8.09. The number of hydrogen-bond acceptors (Lipinski definition) is 4. The van der Waals surface area contributed by atoms with Gasteiger partial charge in [0.15, 0.2) is 0 Å². The van der Waals surface area contributed by atoms with Crippen molar-refractivity contribution in [2.75, 3.05) is 18.5 Å². The second kappa shape index (κ2) is 4.98. The highest BCUT2D eigenvalue weighted by Gasteiger charge is 2.29. The lowest BCUT2D eigenvalue weighted by atomic mass is 10.0. The van der Waals surface area contributed by atoms with Gasteiger partial charge >= 0.3 is 0 Å². The lowest BCUT2D eigenvalue weighted by Crippen LogP contribution is -2.32. The molecule has 0 bridgehead atoms. The van der Waals surface area contributed by atoms with Gasteiger partial charge in [0.05, 0.1) is 11.3 Å². The van der Waals surface area contributed by atoms with Gasteiger partial charge in [0.2, 0.25) is 0 Å². The topological polar surface area (TPSA) is 60.2 Å². The van der Waals surface area contributed by atoms with Crippen molar-refractivity contribution in [2.24, 2.45) is 5.73 Å². The fraction of sp³-hybridized carbons (Fsp3) is 0.500. The maximum atomic E-state index is 5.71. The molecule has 1 unspecified atom stereocenters. The van der Waals surface area contributed by atoms with Crippen LogP contribution in [0.15, 0.2) is 18.3 Å². The van der Waals surface area contributed by atoms with E-state index in [1.165, 1.54) is 0 Å². The molecule has 1 aromatic heterocycles. The third-order valence-electron chi connectivity index (χ3n) is 2.98. The summed E-state index contributed by atoms with van der Waals surface area (Å²) in [5, 5.41) is 3.34. The Morgan fingerprint density at radius 3 is 3.18 bits per heavy atom. The smallest absolute Gasteiger partial charge is 0.122 e. The quantitative estimate of drug-likeness (QED) is 0.798. The molecule has 1 aliphatic rings. The summed E-state index contributed by atoms with van der Waals surface area (Å²) in [6, 6.07) is 3.76. The number of nitrogens with one attached hydrogen (secondary N) is 1. The van der Waals surface area contributed by atoms with Crippen LogP contribution in [0.5, 0.6) is 0 Å². The summed E-state index contributed by atoms with van der Waals surface area (Å²) < 4.78 is 5.71. The Hall–Kier alpha value is -1.20. The molecule has 0 spiro atoms. The Morgan fingerprint density at radius 2 is 2.53 bits per heavy atom. The maximum Gasteiger partial charge on any atom is 0.122 e. The van der Waals surface area contributed by atoms with Crippen LogP contribution in [-0.2, 0) is 4.74 Å². The Labute approximate surface area is 107 Å². The normalized spacial score (nSPS) is 23.6. The van der Waals surface area contributed by atoms with Gasteiger partial charge in [-0.1, -0.05) is 12.2 Å². The predicted octanol–water partition coefficient (Wildman–Crippen LogP) is 1.70. The largest absolute Gasteiger partial charge is 0.388 e. The molecule has 0 aromatic carbocycles. The minimum Gasteiger partial charge on any atom is -0.388 e. The van der Waals surface area contributed by atoms with Crippen molar-refractivity contribution in [3.05, 3.63) is 24.0 Å². The lowest BCUT2D eigenvalue weighted by molar-refractivity contribution is 0.0315. The third kappa shape index (κ3) is 3.14. The van der Waals surface area contributed by atoms with E-state index < -0.39 is 0 Å². The minimum atomic E-state index is -0.0628. The minimum absolute atomic E-state index is 0.0628. The van der Waals surface area contributed by atoms with Crippen LogP contribution in [-0.4, -0.2) is 28.7 Å². The van der Waals surface area contributed by atoms with Gasteiger partial charge in [-0.15, -0.1) is 0 Å². The Kier molecular flexibility index (Phi) is 3.59. The molecular weight excluding hydrogens is 234 g/mol. The fourth-order valence-electron chi connectivity index (χ4n) is 1.94. The SMILES string of the molecule is CC1(CNc2ccnc(C(N)=S)c2)CCCO1. The van der Waals surface area contributed by atoms with E-state index in [0.29, 0.717) is 10.7 Å². The van der Waals surface area contributed by atoms with Gasteiger partial charge in [0.25, 0.3) is 0 Å². The maximum absolute atomic E-state index is 5.71. The zero-order valence-corrected chi connectivity index (χ0v) is 10.7. The van der Waals surface area contributed by atoms with E-state index in [2.05, 4.69) is 17.2 Å². The standard InChI is InChI=1S/C12H17N3OS/c1-12(4-2-6-16-12)8-15-9-3-5-14-10(7-9)11(13)17/h3,5,7H,2,4,6,8H2,1H3,(H2,13,17)(H,14,15). The van der Waals surface area contributed by atoms with Crippen molar-refractivity contribution < 1.29 is 4.74 Å². The summed E-state index contributed by atoms with van der Waals surface area (Å²) in [5.74, 6) is 0. The summed E-state index contributed by atoms with van der Waals surface area (Å²) in [6.45, 7) is 3.77. The molecule has 0 saturated carbocycles. The average molecular weight is 251 g/mol. The molecule has 1 fully saturated rings. The molecule has 1 aromatic rings. The highest BCUT2D eigenvalue weighted by Crippen LogP contribution is 2.25. The van der Waals surface area contributed by atoms with Gasteiger partial charge in [-0.25, -0.2) is 0 Å². The number of pyridine rings is 1. The third-order valence-corrected chi connectivity index (χ3v) is 3.19. The van der Waals surface area contributed by atoms with Crippen molar-refractivity contribution in [1.82, 2.24) is 4.98 Å². The number of anilines is 1. The second-order valence-electron chi connectivity index (χ2n) is 4.55. The van der Waals surface area contributed by atoms with Crippen LogP contribution in [0, 0.1) is 0 Å². The van der Waals surface area contributed by atoms with Gasteiger partial charge in [0, 0.05) is 25.0 Å². The van der Waals surface area contributed by atoms with E-state index in [1.807, 2.05) is 12.1 Å². The van der Waals surface area contributed by atoms with Crippen LogP contribution in [0.1, 0.15) is 25.5 Å². The van der Waals surface area contributed by atoms with E-state index in [4.69, 9.17) is 22.7 Å². The molecule has 1 saturated heterocycles. The van der Waals surface area contributed by atoms with E-state index >= 15 is 0 Å². The van der Waals surface area contributed by atoms with Crippen molar-refractivity contribution in [3.63, 3.8) is 0 Å². The molecule has 4 nitrogen and oxygen atoms in total. The Morgan fingerprint density at radius 1 is 1.71 bits per heavy atom. The predicted molar refractivity (Wildman–Crippen MR) is 72.2 cm³/mol. The first kappa shape index (κ1) is 12.3. The van der Waals surface area contributed by atoms with Gasteiger partial charge in [-0.05, 0) is 31.9 Å². The van der Waals surface area contributed by atoms with Gasteiger partial charge in [-0.3, -0.25) is 4.98 Å². The number of thiocarbonyl (C=S) groups is 1. The highest BCUT2D eigenvalue weighted by atomic mass is 32.1. The Bertz CT molecular complexity index is 416. The van der Waals surface area contributed by atoms with Crippen LogP contribution in [0.4, 0.5) is 5.69 Å². The van der Waals surface area contributed by atoms with Crippen molar-refractivity contribution in [1.29, 1.82) is 0 Å². The molecule has 0 aliphatic carbocycles. The molecule has 1 aliphatic heterocycles. The summed E-state index contributed by atoms with van der Waals surface area (Å²) in [4.78, 5) is 4.42. The Balaban J connectivity index is 1.99. The summed E-state index contributed by atoms with van der Waals surface area (Å²) in [7, 11) is 0. The number of rotatable bonds is 4. The fourth-order valence-corrected chi connectivity index (χ4v) is 2.05. The van der Waals surface area contributed by atoms with E-state index in [9.17, 15) is 0 Å². The molecule has 2 rings (SSSR count). The van der Waals surface area contributed by atoms with Crippen molar-refractivity contribution >= 4 is 22.9 Å². The molecule has 92 valence electrons. The van der Waals surface area contributed by atoms with Crippen molar-refractivity contribution in [3.8, 4) is 0 Å². The molecule has 3 N–H and O–H groups in total. The summed E-state index contributed by atoms with van der Waals surface area (Å²) in [6.07, 6.45) is 3.93. The molecule has 1 atom stereocenters. The zero-order chi connectivity index (χ0) is 12.3. The first-order valence-corrected chi connectivity index (χ1v) is 6.14. The number of aromatic nitrogens is 1. The summed E-state index contributed by atoms with van der Waals surface area (Å²) >= 11 is 4.90. The number of ether oxygens (including phenoxy) is 1. The van der Waals surface area contributed by atoms with E-state index in [1.54, 1.807) is 6.20 Å². The van der Waals surface area contributed by atoms with Crippen LogP contribution in [0.3, 0.4) is 0 Å².